The van der Waals surface area contributed by atoms with E-state index >= 15 is 0 Å². The highest BCUT2D eigenvalue weighted by Gasteiger charge is 2.05. The van der Waals surface area contributed by atoms with Crippen molar-refractivity contribution in [2.75, 3.05) is 6.54 Å². The number of rotatable bonds is 7. The lowest BCUT2D eigenvalue weighted by Gasteiger charge is -2.11. The maximum Gasteiger partial charge on any atom is 0.130 e. The minimum atomic E-state index is -0.279. The first-order chi connectivity index (χ1) is 10.0. The van der Waals surface area contributed by atoms with Crippen molar-refractivity contribution in [3.05, 3.63) is 47.8 Å². The van der Waals surface area contributed by atoms with Crippen LogP contribution in [0, 0.1) is 11.7 Å². The Bertz CT molecular complexity index is 581. The maximum atomic E-state index is 13.6. The number of nitrogens with zero attached hydrogens (tertiary/aromatic N) is 2. The molecule has 0 atom stereocenters. The van der Waals surface area contributed by atoms with Crippen LogP contribution in [0.3, 0.4) is 0 Å². The molecule has 0 aliphatic carbocycles. The molecule has 0 aliphatic heterocycles. The topological polar surface area (TPSA) is 39.1 Å². The summed E-state index contributed by atoms with van der Waals surface area (Å²) in [4.78, 5) is 4.02. The van der Waals surface area contributed by atoms with Gasteiger partial charge in [-0.25, -0.2) is 9.37 Å². The van der Waals surface area contributed by atoms with E-state index in [0.717, 1.165) is 17.8 Å². The third-order valence-electron chi connectivity index (χ3n) is 3.12. The molecule has 1 heterocycles. The van der Waals surface area contributed by atoms with E-state index in [-0.39, 0.29) is 5.82 Å². The number of aromatic nitrogens is 2. The van der Waals surface area contributed by atoms with Crippen LogP contribution in [-0.4, -0.2) is 16.1 Å². The molecule has 4 nitrogen and oxygen atoms in total. The summed E-state index contributed by atoms with van der Waals surface area (Å²) in [7, 11) is 1.90. The Kier molecular flexibility index (Phi) is 5.33. The molecule has 2 aromatic rings. The van der Waals surface area contributed by atoms with E-state index < -0.39 is 0 Å². The van der Waals surface area contributed by atoms with Crippen LogP contribution in [0.15, 0.2) is 30.7 Å². The second-order valence-electron chi connectivity index (χ2n) is 5.60. The van der Waals surface area contributed by atoms with Gasteiger partial charge in [0.1, 0.15) is 18.2 Å². The summed E-state index contributed by atoms with van der Waals surface area (Å²) in [5.74, 6) is 0.829. The van der Waals surface area contributed by atoms with Gasteiger partial charge in [-0.15, -0.1) is 0 Å². The fourth-order valence-corrected chi connectivity index (χ4v) is 1.99. The predicted octanol–water partition coefficient (Wildman–Crippen LogP) is 2.88. The second-order valence-corrected chi connectivity index (χ2v) is 5.60. The standard InChI is InChI=1S/C16H22FN3O/c1-12(2)7-18-8-13-4-14(17)6-16(5-13)21-10-15-9-19-11-20(15)3/h4-6,9,11-12,18H,7-8,10H2,1-3H3. The highest BCUT2D eigenvalue weighted by Crippen LogP contribution is 2.18. The molecule has 1 aromatic carbocycles. The third-order valence-corrected chi connectivity index (χ3v) is 3.12. The number of nitrogens with one attached hydrogen (secondary N) is 1. The fourth-order valence-electron chi connectivity index (χ4n) is 1.99. The maximum absolute atomic E-state index is 13.6. The molecular formula is C16H22FN3O. The molecule has 0 unspecified atom stereocenters. The first-order valence-electron chi connectivity index (χ1n) is 7.13. The normalized spacial score (nSPS) is 11.1. The number of aryl methyl sites for hydroxylation is 1. The summed E-state index contributed by atoms with van der Waals surface area (Å²) in [6.07, 6.45) is 3.45. The van der Waals surface area contributed by atoms with Gasteiger partial charge in [0.25, 0.3) is 0 Å². The van der Waals surface area contributed by atoms with Gasteiger partial charge < -0.3 is 14.6 Å². The van der Waals surface area contributed by atoms with Gasteiger partial charge in [-0.1, -0.05) is 13.8 Å². The van der Waals surface area contributed by atoms with Gasteiger partial charge >= 0.3 is 0 Å². The number of ether oxygens (including phenoxy) is 1. The molecule has 0 aliphatic rings. The highest BCUT2D eigenvalue weighted by atomic mass is 19.1. The van der Waals surface area contributed by atoms with Gasteiger partial charge in [0.05, 0.1) is 18.2 Å². The van der Waals surface area contributed by atoms with E-state index in [0.29, 0.717) is 24.8 Å². The van der Waals surface area contributed by atoms with Crippen molar-refractivity contribution in [3.63, 3.8) is 0 Å². The molecule has 1 N–H and O–H groups in total. The van der Waals surface area contributed by atoms with Crippen molar-refractivity contribution in [1.29, 1.82) is 0 Å². The molecule has 0 amide bonds. The number of benzene rings is 1. The summed E-state index contributed by atoms with van der Waals surface area (Å²) in [6.45, 7) is 6.20. The summed E-state index contributed by atoms with van der Waals surface area (Å²) >= 11 is 0. The largest absolute Gasteiger partial charge is 0.487 e. The first kappa shape index (κ1) is 15.5. The van der Waals surface area contributed by atoms with Crippen LogP contribution >= 0.6 is 0 Å². The zero-order chi connectivity index (χ0) is 15.2. The number of halogens is 1. The summed E-state index contributed by atoms with van der Waals surface area (Å²) in [5.41, 5.74) is 1.83. The van der Waals surface area contributed by atoms with Crippen LogP contribution in [-0.2, 0) is 20.2 Å². The van der Waals surface area contributed by atoms with Crippen LogP contribution in [0.2, 0.25) is 0 Å². The number of hydrogen-bond donors (Lipinski definition) is 1. The fraction of sp³-hybridized carbons (Fsp3) is 0.438. The molecule has 0 saturated carbocycles. The van der Waals surface area contributed by atoms with E-state index in [2.05, 4.69) is 24.1 Å². The molecule has 0 radical (unpaired) electrons. The lowest BCUT2D eigenvalue weighted by Crippen LogP contribution is -2.19. The molecule has 21 heavy (non-hydrogen) atoms. The SMILES string of the molecule is CC(C)CNCc1cc(F)cc(OCc2cncn2C)c1. The van der Waals surface area contributed by atoms with Crippen LogP contribution < -0.4 is 10.1 Å². The average Bonchev–Trinajstić information content (AvgIpc) is 2.81. The Morgan fingerprint density at radius 1 is 1.33 bits per heavy atom. The van der Waals surface area contributed by atoms with Crippen molar-refractivity contribution in [1.82, 2.24) is 14.9 Å². The van der Waals surface area contributed by atoms with Crippen LogP contribution in [0.5, 0.6) is 5.75 Å². The molecule has 0 fully saturated rings. The Morgan fingerprint density at radius 3 is 2.81 bits per heavy atom. The molecule has 1 aromatic heterocycles. The molecule has 5 heteroatoms. The monoisotopic (exact) mass is 291 g/mol. The summed E-state index contributed by atoms with van der Waals surface area (Å²) < 4.78 is 21.2. The van der Waals surface area contributed by atoms with Crippen LogP contribution in [0.4, 0.5) is 4.39 Å². The van der Waals surface area contributed by atoms with E-state index in [1.54, 1.807) is 12.5 Å². The molecule has 2 rings (SSSR count). The Morgan fingerprint density at radius 2 is 2.14 bits per heavy atom. The lowest BCUT2D eigenvalue weighted by atomic mass is 10.2. The Balaban J connectivity index is 1.96. The van der Waals surface area contributed by atoms with Gasteiger partial charge in [-0.05, 0) is 30.2 Å². The van der Waals surface area contributed by atoms with Crippen molar-refractivity contribution in [2.24, 2.45) is 13.0 Å². The summed E-state index contributed by atoms with van der Waals surface area (Å²) in [6, 6.07) is 4.80. The van der Waals surface area contributed by atoms with Gasteiger partial charge in [0.15, 0.2) is 0 Å². The van der Waals surface area contributed by atoms with E-state index in [9.17, 15) is 4.39 Å². The summed E-state index contributed by atoms with van der Waals surface area (Å²) in [5, 5.41) is 3.30. The Hall–Kier alpha value is -1.88. The van der Waals surface area contributed by atoms with Crippen LogP contribution in [0.25, 0.3) is 0 Å². The lowest BCUT2D eigenvalue weighted by molar-refractivity contribution is 0.295. The minimum absolute atomic E-state index is 0.279. The molecule has 0 saturated heterocycles. The zero-order valence-electron chi connectivity index (χ0n) is 12.8. The minimum Gasteiger partial charge on any atom is -0.487 e. The quantitative estimate of drug-likeness (QED) is 0.852. The van der Waals surface area contributed by atoms with Gasteiger partial charge in [-0.2, -0.15) is 0 Å². The van der Waals surface area contributed by atoms with Gasteiger partial charge in [0.2, 0.25) is 0 Å². The van der Waals surface area contributed by atoms with Crippen molar-refractivity contribution >= 4 is 0 Å². The van der Waals surface area contributed by atoms with Crippen molar-refractivity contribution in [2.45, 2.75) is 27.0 Å². The average molecular weight is 291 g/mol. The Labute approximate surface area is 125 Å². The highest BCUT2D eigenvalue weighted by molar-refractivity contribution is 5.29. The van der Waals surface area contributed by atoms with Crippen molar-refractivity contribution < 1.29 is 9.13 Å². The van der Waals surface area contributed by atoms with Crippen molar-refractivity contribution in [3.8, 4) is 5.75 Å². The predicted molar refractivity (Wildman–Crippen MR) is 80.5 cm³/mol. The first-order valence-corrected chi connectivity index (χ1v) is 7.13. The zero-order valence-corrected chi connectivity index (χ0v) is 12.8. The molecular weight excluding hydrogens is 269 g/mol. The van der Waals surface area contributed by atoms with E-state index in [4.69, 9.17) is 4.74 Å². The van der Waals surface area contributed by atoms with E-state index in [1.807, 2.05) is 17.7 Å². The third kappa shape index (κ3) is 4.86. The molecule has 0 bridgehead atoms. The molecule has 0 spiro atoms. The van der Waals surface area contributed by atoms with Gasteiger partial charge in [0, 0.05) is 19.7 Å². The second kappa shape index (κ2) is 7.22. The number of hydrogen-bond acceptors (Lipinski definition) is 3. The van der Waals surface area contributed by atoms with E-state index in [1.165, 1.54) is 12.1 Å². The van der Waals surface area contributed by atoms with Crippen LogP contribution in [0.1, 0.15) is 25.1 Å². The van der Waals surface area contributed by atoms with Gasteiger partial charge in [-0.3, -0.25) is 0 Å². The smallest absolute Gasteiger partial charge is 0.130 e. The number of imidazole rings is 1. The molecule has 114 valence electrons.